The molecule has 1 amide bonds. The number of aryl methyl sites for hydroxylation is 1. The number of carbonyl (C=O) groups is 1. The molecule has 0 aromatic carbocycles. The minimum Gasteiger partial charge on any atom is -0.363 e. The van der Waals surface area contributed by atoms with Crippen molar-refractivity contribution in [3.63, 3.8) is 0 Å². The highest BCUT2D eigenvalue weighted by atomic mass is 19.4. The van der Waals surface area contributed by atoms with E-state index in [-0.39, 0.29) is 6.42 Å². The number of nitrogens with two attached hydrogens (primary N) is 1. The standard InChI is InChI=1S/C11H10F3N7O/c12-11(13,14)10-19-18-9(8(15)22)21(10)6-2-4-20-7(16-5-6)1-3-17-20/h1,3,5-6H,2,4H2,(H2,15,22). The van der Waals surface area contributed by atoms with Crippen molar-refractivity contribution in [1.82, 2.24) is 24.5 Å². The molecule has 2 N–H and O–H groups in total. The Morgan fingerprint density at radius 2 is 2.14 bits per heavy atom. The van der Waals surface area contributed by atoms with E-state index < -0.39 is 29.8 Å². The van der Waals surface area contributed by atoms with Gasteiger partial charge in [-0.3, -0.25) is 9.36 Å². The summed E-state index contributed by atoms with van der Waals surface area (Å²) in [4.78, 5) is 15.4. The highest BCUT2D eigenvalue weighted by Crippen LogP contribution is 2.32. The van der Waals surface area contributed by atoms with E-state index in [1.165, 1.54) is 6.21 Å². The fourth-order valence-corrected chi connectivity index (χ4v) is 2.26. The molecule has 0 radical (unpaired) electrons. The molecule has 2 aromatic heterocycles. The zero-order valence-corrected chi connectivity index (χ0v) is 11.0. The van der Waals surface area contributed by atoms with Gasteiger partial charge >= 0.3 is 6.18 Å². The van der Waals surface area contributed by atoms with Crippen molar-refractivity contribution in [2.45, 2.75) is 25.2 Å². The number of halogens is 3. The molecule has 1 unspecified atom stereocenters. The Balaban J connectivity index is 2.06. The molecule has 0 spiro atoms. The van der Waals surface area contributed by atoms with Crippen LogP contribution in [0.15, 0.2) is 17.3 Å². The number of rotatable bonds is 2. The van der Waals surface area contributed by atoms with Gasteiger partial charge in [0.15, 0.2) is 0 Å². The Hall–Kier alpha value is -2.72. The van der Waals surface area contributed by atoms with Crippen molar-refractivity contribution >= 4 is 17.9 Å². The van der Waals surface area contributed by atoms with E-state index in [4.69, 9.17) is 5.73 Å². The van der Waals surface area contributed by atoms with Crippen LogP contribution in [0.3, 0.4) is 0 Å². The monoisotopic (exact) mass is 313 g/mol. The maximum absolute atomic E-state index is 13.0. The van der Waals surface area contributed by atoms with Crippen molar-refractivity contribution in [3.05, 3.63) is 23.9 Å². The summed E-state index contributed by atoms with van der Waals surface area (Å²) >= 11 is 0. The first-order chi connectivity index (χ1) is 10.4. The summed E-state index contributed by atoms with van der Waals surface area (Å²) in [5.74, 6) is -2.40. The van der Waals surface area contributed by atoms with Crippen molar-refractivity contribution in [2.24, 2.45) is 10.7 Å². The first-order valence-electron chi connectivity index (χ1n) is 6.26. The Morgan fingerprint density at radius 3 is 2.82 bits per heavy atom. The average Bonchev–Trinajstić information content (AvgIpc) is 3.02. The number of aliphatic imine (C=N–C) groups is 1. The number of amides is 1. The molecule has 0 bridgehead atoms. The molecule has 22 heavy (non-hydrogen) atoms. The van der Waals surface area contributed by atoms with Gasteiger partial charge in [-0.2, -0.15) is 18.3 Å². The molecule has 11 heteroatoms. The number of fused-ring (bicyclic) bond motifs is 1. The number of carbonyl (C=O) groups excluding carboxylic acids is 1. The Labute approximate surface area is 121 Å². The Bertz CT molecular complexity index is 745. The van der Waals surface area contributed by atoms with Gasteiger partial charge in [0, 0.05) is 18.8 Å². The highest BCUT2D eigenvalue weighted by molar-refractivity contribution is 5.89. The SMILES string of the molecule is NC(=O)c1nnc(C(F)(F)F)n1C1C=Nc2ccnn2CC1. The molecule has 0 fully saturated rings. The lowest BCUT2D eigenvalue weighted by atomic mass is 10.2. The maximum atomic E-state index is 13.0. The maximum Gasteiger partial charge on any atom is 0.451 e. The number of primary amides is 1. The summed E-state index contributed by atoms with van der Waals surface area (Å²) in [6.07, 6.45) is -1.67. The number of hydrogen-bond acceptors (Lipinski definition) is 5. The van der Waals surface area contributed by atoms with Crippen LogP contribution in [0.1, 0.15) is 28.9 Å². The molecule has 0 saturated heterocycles. The van der Waals surface area contributed by atoms with Crippen LogP contribution >= 0.6 is 0 Å². The molecule has 3 rings (SSSR count). The second-order valence-electron chi connectivity index (χ2n) is 4.63. The van der Waals surface area contributed by atoms with E-state index in [9.17, 15) is 18.0 Å². The first kappa shape index (κ1) is 14.2. The zero-order valence-electron chi connectivity index (χ0n) is 11.0. The van der Waals surface area contributed by atoms with E-state index in [1.807, 2.05) is 0 Å². The van der Waals surface area contributed by atoms with Gasteiger partial charge in [-0.1, -0.05) is 0 Å². The third kappa shape index (κ3) is 2.34. The summed E-state index contributed by atoms with van der Waals surface area (Å²) in [7, 11) is 0. The lowest BCUT2D eigenvalue weighted by molar-refractivity contribution is -0.147. The van der Waals surface area contributed by atoms with Gasteiger partial charge in [0.2, 0.25) is 11.6 Å². The van der Waals surface area contributed by atoms with Crippen molar-refractivity contribution in [2.75, 3.05) is 0 Å². The first-order valence-corrected chi connectivity index (χ1v) is 6.26. The van der Waals surface area contributed by atoms with Crippen LogP contribution < -0.4 is 5.73 Å². The largest absolute Gasteiger partial charge is 0.451 e. The number of aromatic nitrogens is 5. The van der Waals surface area contributed by atoms with Crippen LogP contribution in [0.5, 0.6) is 0 Å². The molecular formula is C11H10F3N7O. The van der Waals surface area contributed by atoms with Crippen molar-refractivity contribution < 1.29 is 18.0 Å². The minimum absolute atomic E-state index is 0.236. The topological polar surface area (TPSA) is 104 Å². The van der Waals surface area contributed by atoms with Gasteiger partial charge in [-0.15, -0.1) is 10.2 Å². The smallest absolute Gasteiger partial charge is 0.363 e. The third-order valence-corrected chi connectivity index (χ3v) is 3.21. The van der Waals surface area contributed by atoms with Crippen LogP contribution in [-0.2, 0) is 12.7 Å². The normalized spacial score (nSPS) is 18.0. The van der Waals surface area contributed by atoms with Gasteiger partial charge < -0.3 is 5.73 Å². The molecule has 3 heterocycles. The average molecular weight is 313 g/mol. The van der Waals surface area contributed by atoms with Gasteiger partial charge in [0.05, 0.1) is 12.2 Å². The molecule has 1 aliphatic rings. The predicted molar refractivity (Wildman–Crippen MR) is 67.6 cm³/mol. The summed E-state index contributed by atoms with van der Waals surface area (Å²) in [6.45, 7) is 0.334. The van der Waals surface area contributed by atoms with E-state index in [0.29, 0.717) is 16.9 Å². The van der Waals surface area contributed by atoms with E-state index in [0.717, 1.165) is 0 Å². The van der Waals surface area contributed by atoms with Crippen molar-refractivity contribution in [1.29, 1.82) is 0 Å². The summed E-state index contributed by atoms with van der Waals surface area (Å²) < 4.78 is 41.4. The summed E-state index contributed by atoms with van der Waals surface area (Å²) in [6, 6.07) is 0.779. The molecular weight excluding hydrogens is 303 g/mol. The van der Waals surface area contributed by atoms with Crippen LogP contribution in [0.2, 0.25) is 0 Å². The molecule has 0 saturated carbocycles. The van der Waals surface area contributed by atoms with Crippen LogP contribution in [0, 0.1) is 0 Å². The second kappa shape index (κ2) is 4.93. The van der Waals surface area contributed by atoms with Gasteiger partial charge in [0.1, 0.15) is 5.82 Å². The van der Waals surface area contributed by atoms with Crippen molar-refractivity contribution in [3.8, 4) is 0 Å². The third-order valence-electron chi connectivity index (χ3n) is 3.21. The molecule has 0 aliphatic carbocycles. The highest BCUT2D eigenvalue weighted by Gasteiger charge is 2.41. The van der Waals surface area contributed by atoms with E-state index in [2.05, 4.69) is 20.3 Å². The molecule has 116 valence electrons. The fraction of sp³-hybridized carbons (Fsp3) is 0.364. The number of hydrogen-bond donors (Lipinski definition) is 1. The fourth-order valence-electron chi connectivity index (χ4n) is 2.26. The van der Waals surface area contributed by atoms with Gasteiger partial charge in [-0.05, 0) is 6.42 Å². The lowest BCUT2D eigenvalue weighted by Crippen LogP contribution is -2.26. The zero-order chi connectivity index (χ0) is 15.9. The quantitative estimate of drug-likeness (QED) is 0.890. The Morgan fingerprint density at radius 1 is 1.36 bits per heavy atom. The van der Waals surface area contributed by atoms with Gasteiger partial charge in [0.25, 0.3) is 5.91 Å². The van der Waals surface area contributed by atoms with Crippen LogP contribution in [-0.4, -0.2) is 36.7 Å². The van der Waals surface area contributed by atoms with Crippen LogP contribution in [0.25, 0.3) is 0 Å². The molecule has 2 aromatic rings. The van der Waals surface area contributed by atoms with Crippen LogP contribution in [0.4, 0.5) is 19.0 Å². The summed E-state index contributed by atoms with van der Waals surface area (Å²) in [5, 5.41) is 10.3. The van der Waals surface area contributed by atoms with Gasteiger partial charge in [-0.25, -0.2) is 9.67 Å². The molecule has 1 aliphatic heterocycles. The predicted octanol–water partition coefficient (Wildman–Crippen LogP) is 0.940. The second-order valence-corrected chi connectivity index (χ2v) is 4.63. The lowest BCUT2D eigenvalue weighted by Gasteiger charge is -2.17. The Kier molecular flexibility index (Phi) is 3.19. The number of nitrogens with zero attached hydrogens (tertiary/aromatic N) is 6. The van der Waals surface area contributed by atoms with E-state index in [1.54, 1.807) is 16.9 Å². The van der Waals surface area contributed by atoms with E-state index >= 15 is 0 Å². The molecule has 1 atom stereocenters. The minimum atomic E-state index is -4.76. The summed E-state index contributed by atoms with van der Waals surface area (Å²) in [5.41, 5.74) is 5.09. The number of alkyl halides is 3. The molecule has 8 nitrogen and oxygen atoms in total.